The number of hydrogen-bond acceptors (Lipinski definition) is 3. The maximum atomic E-state index is 13.5. The minimum Gasteiger partial charge on any atom is -0.278 e. The molecule has 0 radical (unpaired) electrons. The molecule has 3 nitrogen and oxygen atoms in total. The Bertz CT molecular complexity index is 904. The Hall–Kier alpha value is -2.96. The van der Waals surface area contributed by atoms with Crippen LogP contribution in [0.4, 0.5) is 23.2 Å². The molecule has 2 aromatic carbocycles. The Labute approximate surface area is 134 Å². The first-order valence-corrected chi connectivity index (χ1v) is 6.95. The molecule has 3 rings (SSSR count). The zero-order valence-electron chi connectivity index (χ0n) is 12.2. The van der Waals surface area contributed by atoms with Crippen molar-refractivity contribution in [1.29, 1.82) is 0 Å². The van der Waals surface area contributed by atoms with Gasteiger partial charge in [0.25, 0.3) is 0 Å². The molecule has 1 N–H and O–H groups in total. The largest absolute Gasteiger partial charge is 0.416 e. The average Bonchev–Trinajstić information content (AvgIpc) is 2.55. The van der Waals surface area contributed by atoms with E-state index in [9.17, 15) is 17.6 Å². The lowest BCUT2D eigenvalue weighted by atomic mass is 10.1. The van der Waals surface area contributed by atoms with Gasteiger partial charge in [-0.15, -0.1) is 0 Å². The number of anilines is 1. The number of nitrogens with zero attached hydrogens (tertiary/aromatic N) is 2. The first-order valence-electron chi connectivity index (χ1n) is 6.95. The summed E-state index contributed by atoms with van der Waals surface area (Å²) in [5, 5.41) is 4.17. The Kier molecular flexibility index (Phi) is 4.16. The van der Waals surface area contributed by atoms with E-state index in [1.54, 1.807) is 12.1 Å². The smallest absolute Gasteiger partial charge is 0.278 e. The Morgan fingerprint density at radius 2 is 1.83 bits per heavy atom. The number of aromatic nitrogens is 1. The van der Waals surface area contributed by atoms with Gasteiger partial charge in [0.05, 0.1) is 23.0 Å². The van der Waals surface area contributed by atoms with E-state index < -0.39 is 17.6 Å². The van der Waals surface area contributed by atoms with Crippen LogP contribution in [0.3, 0.4) is 0 Å². The highest BCUT2D eigenvalue weighted by molar-refractivity contribution is 5.92. The van der Waals surface area contributed by atoms with Gasteiger partial charge in [0, 0.05) is 17.1 Å². The molecule has 1 aromatic heterocycles. The summed E-state index contributed by atoms with van der Waals surface area (Å²) in [6.45, 7) is 0. The summed E-state index contributed by atoms with van der Waals surface area (Å²) >= 11 is 0. The summed E-state index contributed by atoms with van der Waals surface area (Å²) in [5.41, 5.74) is 2.87. The van der Waals surface area contributed by atoms with Crippen molar-refractivity contribution in [2.75, 3.05) is 5.43 Å². The zero-order chi connectivity index (χ0) is 17.2. The van der Waals surface area contributed by atoms with Crippen LogP contribution in [0.25, 0.3) is 10.9 Å². The van der Waals surface area contributed by atoms with Gasteiger partial charge in [-0.3, -0.25) is 10.4 Å². The molecule has 24 heavy (non-hydrogen) atoms. The van der Waals surface area contributed by atoms with E-state index in [1.165, 1.54) is 36.7 Å². The molecule has 0 unspecified atom stereocenters. The van der Waals surface area contributed by atoms with E-state index in [-0.39, 0.29) is 10.9 Å². The number of nitrogens with one attached hydrogen (secondary N) is 1. The second-order valence-corrected chi connectivity index (χ2v) is 4.98. The molecule has 0 atom stereocenters. The number of rotatable bonds is 3. The second kappa shape index (κ2) is 6.27. The molecule has 0 spiro atoms. The summed E-state index contributed by atoms with van der Waals surface area (Å²) in [6, 6.07) is 10.8. The third-order valence-electron chi connectivity index (χ3n) is 3.36. The van der Waals surface area contributed by atoms with Crippen molar-refractivity contribution in [2.45, 2.75) is 6.18 Å². The Morgan fingerprint density at radius 3 is 2.58 bits per heavy atom. The maximum absolute atomic E-state index is 13.5. The Morgan fingerprint density at radius 1 is 1.04 bits per heavy atom. The van der Waals surface area contributed by atoms with Gasteiger partial charge in [-0.2, -0.15) is 18.3 Å². The number of hydrogen-bond donors (Lipinski definition) is 1. The summed E-state index contributed by atoms with van der Waals surface area (Å²) in [6.07, 6.45) is -1.73. The molecule has 0 bridgehead atoms. The minimum atomic E-state index is -4.45. The predicted octanol–water partition coefficient (Wildman–Crippen LogP) is 4.84. The molecule has 0 amide bonds. The lowest BCUT2D eigenvalue weighted by molar-refractivity contribution is -0.137. The molecular formula is C17H11F4N3. The number of hydrazone groups is 1. The third-order valence-corrected chi connectivity index (χ3v) is 3.36. The molecule has 122 valence electrons. The van der Waals surface area contributed by atoms with Crippen LogP contribution < -0.4 is 5.43 Å². The molecule has 0 aliphatic rings. The number of alkyl halides is 3. The van der Waals surface area contributed by atoms with Gasteiger partial charge < -0.3 is 0 Å². The normalized spacial score (nSPS) is 12.0. The molecule has 0 aliphatic heterocycles. The molecule has 1 heterocycles. The summed E-state index contributed by atoms with van der Waals surface area (Å²) in [5.74, 6) is -0.443. The lowest BCUT2D eigenvalue weighted by Crippen LogP contribution is -2.05. The fourth-order valence-corrected chi connectivity index (χ4v) is 2.17. The van der Waals surface area contributed by atoms with Gasteiger partial charge in [-0.05, 0) is 30.3 Å². The summed E-state index contributed by atoms with van der Waals surface area (Å²) < 4.78 is 52.1. The fourth-order valence-electron chi connectivity index (χ4n) is 2.17. The van der Waals surface area contributed by atoms with Crippen molar-refractivity contribution in [1.82, 2.24) is 4.98 Å². The first kappa shape index (κ1) is 15.9. The van der Waals surface area contributed by atoms with E-state index in [4.69, 9.17) is 0 Å². The highest BCUT2D eigenvalue weighted by Gasteiger charge is 2.30. The number of fused-ring (bicyclic) bond motifs is 1. The van der Waals surface area contributed by atoms with Crippen molar-refractivity contribution in [3.05, 3.63) is 71.7 Å². The number of halogens is 4. The maximum Gasteiger partial charge on any atom is 0.416 e. The van der Waals surface area contributed by atoms with E-state index in [2.05, 4.69) is 15.5 Å². The molecule has 7 heteroatoms. The van der Waals surface area contributed by atoms with Gasteiger partial charge >= 0.3 is 6.18 Å². The minimum absolute atomic E-state index is 0.263. The van der Waals surface area contributed by atoms with Crippen molar-refractivity contribution in [3.63, 3.8) is 0 Å². The molecule has 0 saturated heterocycles. The first-order chi connectivity index (χ1) is 11.4. The highest BCUT2D eigenvalue weighted by atomic mass is 19.4. The Balaban J connectivity index is 1.93. The quantitative estimate of drug-likeness (QED) is 0.423. The second-order valence-electron chi connectivity index (χ2n) is 4.98. The van der Waals surface area contributed by atoms with E-state index in [0.717, 1.165) is 12.1 Å². The van der Waals surface area contributed by atoms with Crippen molar-refractivity contribution >= 4 is 22.8 Å². The van der Waals surface area contributed by atoms with Crippen molar-refractivity contribution in [3.8, 4) is 0 Å². The monoisotopic (exact) mass is 333 g/mol. The van der Waals surface area contributed by atoms with Crippen LogP contribution >= 0.6 is 0 Å². The van der Waals surface area contributed by atoms with Crippen LogP contribution in [-0.2, 0) is 6.18 Å². The topological polar surface area (TPSA) is 37.3 Å². The van der Waals surface area contributed by atoms with Gasteiger partial charge in [-0.25, -0.2) is 4.39 Å². The lowest BCUT2D eigenvalue weighted by Gasteiger charge is -2.10. The van der Waals surface area contributed by atoms with Crippen molar-refractivity contribution < 1.29 is 17.6 Å². The van der Waals surface area contributed by atoms with Crippen LogP contribution in [0.5, 0.6) is 0 Å². The molecule has 0 saturated carbocycles. The van der Waals surface area contributed by atoms with E-state index >= 15 is 0 Å². The standard InChI is InChI=1S/C17H11F4N3/c18-14-4-2-1-3-11(14)10-23-24-16-7-8-22-15-6-5-12(9-13(15)16)17(19,20)21/h1-10H,(H,22,24). The summed E-state index contributed by atoms with van der Waals surface area (Å²) in [7, 11) is 0. The molecule has 3 aromatic rings. The predicted molar refractivity (Wildman–Crippen MR) is 84.4 cm³/mol. The average molecular weight is 333 g/mol. The van der Waals surface area contributed by atoms with Crippen LogP contribution in [-0.4, -0.2) is 11.2 Å². The number of benzene rings is 2. The fraction of sp³-hybridized carbons (Fsp3) is 0.0588. The third kappa shape index (κ3) is 3.34. The van der Waals surface area contributed by atoms with Gasteiger partial charge in [0.1, 0.15) is 5.82 Å². The van der Waals surface area contributed by atoms with Crippen LogP contribution in [0.2, 0.25) is 0 Å². The van der Waals surface area contributed by atoms with Gasteiger partial charge in [0.15, 0.2) is 0 Å². The van der Waals surface area contributed by atoms with Crippen LogP contribution in [0.1, 0.15) is 11.1 Å². The van der Waals surface area contributed by atoms with Crippen LogP contribution in [0.15, 0.2) is 59.8 Å². The molecule has 0 aliphatic carbocycles. The number of pyridine rings is 1. The molecular weight excluding hydrogens is 322 g/mol. The highest BCUT2D eigenvalue weighted by Crippen LogP contribution is 2.33. The van der Waals surface area contributed by atoms with Gasteiger partial charge in [-0.1, -0.05) is 18.2 Å². The SMILES string of the molecule is Fc1ccccc1C=NNc1ccnc2ccc(C(F)(F)F)cc12. The van der Waals surface area contributed by atoms with Crippen molar-refractivity contribution in [2.24, 2.45) is 5.10 Å². The summed E-state index contributed by atoms with van der Waals surface area (Å²) in [4.78, 5) is 4.03. The van der Waals surface area contributed by atoms with Gasteiger partial charge in [0.2, 0.25) is 0 Å². The van der Waals surface area contributed by atoms with E-state index in [0.29, 0.717) is 11.2 Å². The zero-order valence-corrected chi connectivity index (χ0v) is 12.2. The van der Waals surface area contributed by atoms with E-state index in [1.807, 2.05) is 0 Å². The molecule has 0 fully saturated rings. The van der Waals surface area contributed by atoms with Crippen LogP contribution in [0, 0.1) is 5.82 Å².